The van der Waals surface area contributed by atoms with Crippen molar-refractivity contribution >= 4 is 29.4 Å². The summed E-state index contributed by atoms with van der Waals surface area (Å²) in [6, 6.07) is 9.26. The number of esters is 1. The summed E-state index contributed by atoms with van der Waals surface area (Å²) in [6.07, 6.45) is 3.50. The zero-order chi connectivity index (χ0) is 22.7. The molecule has 0 amide bonds. The maximum Gasteiger partial charge on any atom is 0.338 e. The predicted molar refractivity (Wildman–Crippen MR) is 118 cm³/mol. The van der Waals surface area contributed by atoms with Crippen molar-refractivity contribution in [1.82, 2.24) is 19.7 Å². The average Bonchev–Trinajstić information content (AvgIpc) is 3.20. The van der Waals surface area contributed by atoms with Gasteiger partial charge in [-0.15, -0.1) is 5.10 Å². The summed E-state index contributed by atoms with van der Waals surface area (Å²) in [5.74, 6) is 0.635. The van der Waals surface area contributed by atoms with E-state index in [9.17, 15) is 14.9 Å². The standard InChI is InChI=1S/C21H20N6O4S/c1-3-31-19(28)17-13(2)23-20-24-21(32-12-14-5-4-10-22-11-14)25-26(20)18(17)15-6-8-16(9-7-15)27(29)30/h4-11,18H,3,12H2,1-2H3,(H,23,24,25)/t18-/m0/s1. The summed E-state index contributed by atoms with van der Waals surface area (Å²) < 4.78 is 6.89. The lowest BCUT2D eigenvalue weighted by Crippen LogP contribution is -2.29. The fourth-order valence-electron chi connectivity index (χ4n) is 3.38. The molecule has 0 saturated carbocycles. The number of nitro groups is 1. The van der Waals surface area contributed by atoms with Gasteiger partial charge in [0.1, 0.15) is 6.04 Å². The Bertz CT molecular complexity index is 1180. The number of hydrogen-bond donors (Lipinski definition) is 1. The van der Waals surface area contributed by atoms with Crippen molar-refractivity contribution < 1.29 is 14.5 Å². The molecule has 10 nitrogen and oxygen atoms in total. The monoisotopic (exact) mass is 452 g/mol. The number of nitrogens with one attached hydrogen (secondary N) is 1. The number of fused-ring (bicyclic) bond motifs is 1. The highest BCUT2D eigenvalue weighted by Crippen LogP contribution is 2.37. The zero-order valence-corrected chi connectivity index (χ0v) is 18.2. The van der Waals surface area contributed by atoms with Gasteiger partial charge in [-0.1, -0.05) is 17.8 Å². The van der Waals surface area contributed by atoms with E-state index in [1.165, 1.54) is 23.9 Å². The molecule has 11 heteroatoms. The Labute approximate surface area is 187 Å². The van der Waals surface area contributed by atoms with Crippen LogP contribution in [0.3, 0.4) is 0 Å². The van der Waals surface area contributed by atoms with Gasteiger partial charge in [0, 0.05) is 36.0 Å². The minimum Gasteiger partial charge on any atom is -0.463 e. The maximum atomic E-state index is 12.8. The Kier molecular flexibility index (Phi) is 6.17. The third kappa shape index (κ3) is 4.33. The van der Waals surface area contributed by atoms with Crippen LogP contribution in [0.15, 0.2) is 65.2 Å². The van der Waals surface area contributed by atoms with E-state index >= 15 is 0 Å². The van der Waals surface area contributed by atoms with Crippen LogP contribution in [0.1, 0.15) is 31.0 Å². The highest BCUT2D eigenvalue weighted by atomic mass is 32.2. The molecule has 1 N–H and O–H groups in total. The number of ether oxygens (including phenoxy) is 1. The van der Waals surface area contributed by atoms with E-state index in [2.05, 4.69) is 20.4 Å². The number of non-ortho nitro benzene ring substituents is 1. The van der Waals surface area contributed by atoms with E-state index in [0.717, 1.165) is 5.56 Å². The molecule has 4 rings (SSSR count). The molecule has 1 atom stereocenters. The predicted octanol–water partition coefficient (Wildman–Crippen LogP) is 3.73. The molecule has 0 unspecified atom stereocenters. The van der Waals surface area contributed by atoms with Gasteiger partial charge in [0.25, 0.3) is 5.69 Å². The first kappa shape index (κ1) is 21.5. The molecule has 0 fully saturated rings. The maximum absolute atomic E-state index is 12.8. The smallest absolute Gasteiger partial charge is 0.338 e. The number of hydrogen-bond acceptors (Lipinski definition) is 9. The molecule has 3 heterocycles. The van der Waals surface area contributed by atoms with Gasteiger partial charge in [0.05, 0.1) is 17.1 Å². The summed E-state index contributed by atoms with van der Waals surface area (Å²) >= 11 is 1.44. The molecule has 164 valence electrons. The van der Waals surface area contributed by atoms with E-state index < -0.39 is 16.9 Å². The fourth-order valence-corrected chi connectivity index (χ4v) is 4.15. The van der Waals surface area contributed by atoms with Crippen LogP contribution in [-0.4, -0.2) is 37.2 Å². The summed E-state index contributed by atoms with van der Waals surface area (Å²) in [7, 11) is 0. The minimum absolute atomic E-state index is 0.0346. The fraction of sp³-hybridized carbons (Fsp3) is 0.238. The molecule has 2 aromatic heterocycles. The van der Waals surface area contributed by atoms with Crippen molar-refractivity contribution in [3.8, 4) is 0 Å². The third-order valence-corrected chi connectivity index (χ3v) is 5.75. The van der Waals surface area contributed by atoms with Gasteiger partial charge in [-0.3, -0.25) is 15.1 Å². The number of anilines is 1. The molecule has 32 heavy (non-hydrogen) atoms. The molecule has 3 aromatic rings. The van der Waals surface area contributed by atoms with Crippen LogP contribution in [0.5, 0.6) is 0 Å². The van der Waals surface area contributed by atoms with Gasteiger partial charge in [0.15, 0.2) is 0 Å². The SMILES string of the molecule is CCOC(=O)C1=C(C)Nc2nc(SCc3cccnc3)nn2[C@H]1c1ccc([N+](=O)[O-])cc1. The van der Waals surface area contributed by atoms with Crippen molar-refractivity contribution in [1.29, 1.82) is 0 Å². The van der Waals surface area contributed by atoms with Gasteiger partial charge < -0.3 is 10.1 Å². The Morgan fingerprint density at radius 1 is 1.31 bits per heavy atom. The number of pyridine rings is 1. The average molecular weight is 452 g/mol. The normalized spacial score (nSPS) is 15.1. The van der Waals surface area contributed by atoms with E-state index in [1.54, 1.807) is 43.1 Å². The van der Waals surface area contributed by atoms with Crippen molar-refractivity contribution in [3.63, 3.8) is 0 Å². The number of rotatable bonds is 7. The highest BCUT2D eigenvalue weighted by Gasteiger charge is 2.35. The molecule has 0 spiro atoms. The summed E-state index contributed by atoms with van der Waals surface area (Å²) in [4.78, 5) is 32.1. The molecule has 0 aliphatic carbocycles. The van der Waals surface area contributed by atoms with Crippen LogP contribution >= 0.6 is 11.8 Å². The van der Waals surface area contributed by atoms with Gasteiger partial charge in [-0.05, 0) is 43.2 Å². The lowest BCUT2D eigenvalue weighted by atomic mass is 9.95. The van der Waals surface area contributed by atoms with Crippen molar-refractivity contribution in [2.75, 3.05) is 11.9 Å². The van der Waals surface area contributed by atoms with Crippen molar-refractivity contribution in [2.45, 2.75) is 30.8 Å². The van der Waals surface area contributed by atoms with Gasteiger partial charge in [-0.25, -0.2) is 9.48 Å². The summed E-state index contributed by atoms with van der Waals surface area (Å²) in [5, 5.41) is 19.3. The van der Waals surface area contributed by atoms with Crippen LogP contribution in [0.25, 0.3) is 0 Å². The second-order valence-corrected chi connectivity index (χ2v) is 7.89. The molecule has 0 radical (unpaired) electrons. The number of nitro benzene ring substituents is 1. The van der Waals surface area contributed by atoms with Gasteiger partial charge in [-0.2, -0.15) is 4.98 Å². The number of carbonyl (C=O) groups excluding carboxylic acids is 1. The number of allylic oxidation sites excluding steroid dienone is 1. The van der Waals surface area contributed by atoms with Crippen LogP contribution in [-0.2, 0) is 15.3 Å². The lowest BCUT2D eigenvalue weighted by molar-refractivity contribution is -0.384. The van der Waals surface area contributed by atoms with Gasteiger partial charge in [0.2, 0.25) is 11.1 Å². The Morgan fingerprint density at radius 3 is 2.75 bits per heavy atom. The Morgan fingerprint density at radius 2 is 2.09 bits per heavy atom. The quantitative estimate of drug-likeness (QED) is 0.247. The molecule has 0 saturated heterocycles. The molecule has 1 aliphatic heterocycles. The number of thioether (sulfide) groups is 1. The topological polar surface area (TPSA) is 125 Å². The second-order valence-electron chi connectivity index (χ2n) is 6.95. The lowest BCUT2D eigenvalue weighted by Gasteiger charge is -2.28. The third-order valence-electron chi connectivity index (χ3n) is 4.84. The molecule has 0 bridgehead atoms. The van der Waals surface area contributed by atoms with E-state index in [0.29, 0.717) is 33.7 Å². The number of nitrogens with zero attached hydrogens (tertiary/aromatic N) is 5. The number of benzene rings is 1. The van der Waals surface area contributed by atoms with Crippen LogP contribution in [0, 0.1) is 10.1 Å². The molecule has 1 aliphatic rings. The van der Waals surface area contributed by atoms with Crippen LogP contribution in [0.2, 0.25) is 0 Å². The van der Waals surface area contributed by atoms with Crippen LogP contribution in [0.4, 0.5) is 11.6 Å². The number of aromatic nitrogens is 4. The summed E-state index contributed by atoms with van der Waals surface area (Å²) in [5.41, 5.74) is 2.63. The van der Waals surface area contributed by atoms with E-state index in [-0.39, 0.29) is 12.3 Å². The van der Waals surface area contributed by atoms with Crippen molar-refractivity contribution in [2.24, 2.45) is 0 Å². The van der Waals surface area contributed by atoms with Gasteiger partial charge >= 0.3 is 5.97 Å². The first-order chi connectivity index (χ1) is 15.5. The summed E-state index contributed by atoms with van der Waals surface area (Å²) in [6.45, 7) is 3.73. The minimum atomic E-state index is -0.633. The Balaban J connectivity index is 1.71. The zero-order valence-electron chi connectivity index (χ0n) is 17.4. The molecular formula is C21H20N6O4S. The second kappa shape index (κ2) is 9.18. The Hall–Kier alpha value is -3.73. The van der Waals surface area contributed by atoms with Crippen LogP contribution < -0.4 is 5.32 Å². The highest BCUT2D eigenvalue weighted by molar-refractivity contribution is 7.98. The molecule has 1 aromatic carbocycles. The van der Waals surface area contributed by atoms with Crippen molar-refractivity contribution in [3.05, 3.63) is 81.3 Å². The largest absolute Gasteiger partial charge is 0.463 e. The first-order valence-electron chi connectivity index (χ1n) is 9.85. The van der Waals surface area contributed by atoms with E-state index in [4.69, 9.17) is 4.74 Å². The van der Waals surface area contributed by atoms with E-state index in [1.807, 2.05) is 12.1 Å². The first-order valence-corrected chi connectivity index (χ1v) is 10.8. The number of carbonyl (C=O) groups is 1. The molecular weight excluding hydrogens is 432 g/mol.